The number of thiophene rings is 1. The number of halogens is 1. The number of carbonyl (C=O) groups excluding carboxylic acids is 1. The van der Waals surface area contributed by atoms with E-state index in [1.54, 1.807) is 17.5 Å². The molecule has 0 saturated carbocycles. The number of anilines is 1. The average Bonchev–Trinajstić information content (AvgIpc) is 3.06. The molecule has 0 aliphatic carbocycles. The molecule has 1 aliphatic heterocycles. The van der Waals surface area contributed by atoms with Crippen molar-refractivity contribution in [2.24, 2.45) is 4.40 Å². The van der Waals surface area contributed by atoms with Crippen LogP contribution in [0.2, 0.25) is 0 Å². The molecule has 0 saturated heterocycles. The molecule has 0 radical (unpaired) electrons. The van der Waals surface area contributed by atoms with Gasteiger partial charge < -0.3 is 5.32 Å². The fourth-order valence-electron chi connectivity index (χ4n) is 2.03. The molecule has 2 aromatic rings. The number of benzene rings is 1. The summed E-state index contributed by atoms with van der Waals surface area (Å²) >= 11 is 1.32. The van der Waals surface area contributed by atoms with Gasteiger partial charge in [-0.1, -0.05) is 6.07 Å². The number of amides is 1. The fraction of sp³-hybridized carbons (Fsp3) is 0.0667. The summed E-state index contributed by atoms with van der Waals surface area (Å²) in [6.07, 6.45) is 1.41. The summed E-state index contributed by atoms with van der Waals surface area (Å²) < 4.78 is 41.8. The van der Waals surface area contributed by atoms with Crippen LogP contribution < -0.4 is 5.32 Å². The van der Waals surface area contributed by atoms with Gasteiger partial charge in [0.1, 0.15) is 11.5 Å². The molecule has 0 fully saturated rings. The Hall–Kier alpha value is -2.52. The van der Waals surface area contributed by atoms with E-state index in [1.165, 1.54) is 48.7 Å². The Kier molecular flexibility index (Phi) is 4.20. The Bertz CT molecular complexity index is 933. The van der Waals surface area contributed by atoms with Crippen molar-refractivity contribution in [2.75, 3.05) is 12.4 Å². The molecule has 24 heavy (non-hydrogen) atoms. The first-order valence-corrected chi connectivity index (χ1v) is 9.06. The van der Waals surface area contributed by atoms with Crippen molar-refractivity contribution >= 4 is 38.9 Å². The van der Waals surface area contributed by atoms with E-state index in [-0.39, 0.29) is 11.4 Å². The van der Waals surface area contributed by atoms with E-state index in [0.717, 1.165) is 4.31 Å². The highest BCUT2D eigenvalue weighted by Gasteiger charge is 2.30. The number of hydrogen-bond donors (Lipinski definition) is 1. The summed E-state index contributed by atoms with van der Waals surface area (Å²) in [5.74, 6) is -1.06. The third-order valence-corrected chi connectivity index (χ3v) is 5.49. The fourth-order valence-corrected chi connectivity index (χ4v) is 3.68. The van der Waals surface area contributed by atoms with E-state index < -0.39 is 21.9 Å². The highest BCUT2D eigenvalue weighted by Crippen LogP contribution is 2.22. The van der Waals surface area contributed by atoms with Gasteiger partial charge in [0.2, 0.25) is 0 Å². The lowest BCUT2D eigenvalue weighted by atomic mass is 10.2. The van der Waals surface area contributed by atoms with E-state index in [9.17, 15) is 17.6 Å². The zero-order valence-electron chi connectivity index (χ0n) is 12.4. The summed E-state index contributed by atoms with van der Waals surface area (Å²) in [4.78, 5) is 13.1. The van der Waals surface area contributed by atoms with Crippen molar-refractivity contribution in [3.8, 4) is 0 Å². The normalized spacial score (nSPS) is 16.3. The number of allylic oxidation sites excluding steroid dienone is 1. The molecule has 124 valence electrons. The summed E-state index contributed by atoms with van der Waals surface area (Å²) in [5, 5.41) is 4.33. The van der Waals surface area contributed by atoms with Gasteiger partial charge in [-0.3, -0.25) is 4.79 Å². The van der Waals surface area contributed by atoms with Gasteiger partial charge in [0.25, 0.3) is 5.91 Å². The molecule has 1 amide bonds. The van der Waals surface area contributed by atoms with Crippen LogP contribution >= 0.6 is 11.3 Å². The molecular formula is C15H12FN3O3S2. The molecule has 0 spiro atoms. The van der Waals surface area contributed by atoms with Gasteiger partial charge in [-0.25, -0.2) is 8.70 Å². The second-order valence-electron chi connectivity index (χ2n) is 4.89. The monoisotopic (exact) mass is 365 g/mol. The van der Waals surface area contributed by atoms with Crippen molar-refractivity contribution in [2.45, 2.75) is 0 Å². The third-order valence-electron chi connectivity index (χ3n) is 3.28. The SMILES string of the molecule is CN1C(C(=O)Nc2ccc(F)cc2)=CC(c2cccs2)=NS1(=O)=O. The number of hydrogen-bond acceptors (Lipinski definition) is 4. The quantitative estimate of drug-likeness (QED) is 0.907. The average molecular weight is 365 g/mol. The zero-order chi connectivity index (χ0) is 17.3. The minimum Gasteiger partial charge on any atom is -0.321 e. The molecule has 1 aromatic carbocycles. The standard InChI is InChI=1S/C15H12FN3O3S2/c1-19-13(15(20)17-11-6-4-10(16)5-7-11)9-12(18-24(19,21)22)14-3-2-8-23-14/h2-9H,1H3,(H,17,20). The van der Waals surface area contributed by atoms with Crippen LogP contribution in [0.5, 0.6) is 0 Å². The lowest BCUT2D eigenvalue weighted by molar-refractivity contribution is -0.113. The van der Waals surface area contributed by atoms with Crippen molar-refractivity contribution in [1.82, 2.24) is 4.31 Å². The van der Waals surface area contributed by atoms with Gasteiger partial charge in [-0.15, -0.1) is 15.7 Å². The first-order valence-electron chi connectivity index (χ1n) is 6.78. The molecule has 0 bridgehead atoms. The van der Waals surface area contributed by atoms with Crippen LogP contribution in [0.25, 0.3) is 0 Å². The van der Waals surface area contributed by atoms with Crippen LogP contribution in [-0.4, -0.2) is 31.4 Å². The largest absolute Gasteiger partial charge is 0.345 e. The minimum absolute atomic E-state index is 0.0716. The molecule has 6 nitrogen and oxygen atoms in total. The van der Waals surface area contributed by atoms with Crippen LogP contribution in [0.4, 0.5) is 10.1 Å². The summed E-state index contributed by atoms with van der Waals surface area (Å²) in [6.45, 7) is 0. The molecule has 0 atom stereocenters. The van der Waals surface area contributed by atoms with Crippen LogP contribution in [0.15, 0.2) is 57.9 Å². The number of carbonyl (C=O) groups is 1. The second kappa shape index (κ2) is 6.17. The summed E-state index contributed by atoms with van der Waals surface area (Å²) in [5.41, 5.74) is 0.485. The van der Waals surface area contributed by atoms with Gasteiger partial charge in [-0.05, 0) is 41.8 Å². The van der Waals surface area contributed by atoms with E-state index in [4.69, 9.17) is 0 Å². The number of nitrogens with zero attached hydrogens (tertiary/aromatic N) is 2. The number of rotatable bonds is 3. The van der Waals surface area contributed by atoms with E-state index in [0.29, 0.717) is 10.6 Å². The number of nitrogens with one attached hydrogen (secondary N) is 1. The predicted octanol–water partition coefficient (Wildman–Crippen LogP) is 2.39. The molecule has 1 aromatic heterocycles. The lowest BCUT2D eigenvalue weighted by Crippen LogP contribution is -2.35. The third kappa shape index (κ3) is 3.22. The van der Waals surface area contributed by atoms with Crippen molar-refractivity contribution in [1.29, 1.82) is 0 Å². The molecule has 9 heteroatoms. The van der Waals surface area contributed by atoms with Gasteiger partial charge in [0.15, 0.2) is 0 Å². The Morgan fingerprint density at radius 3 is 2.58 bits per heavy atom. The Morgan fingerprint density at radius 2 is 1.96 bits per heavy atom. The smallest absolute Gasteiger partial charge is 0.321 e. The first-order chi connectivity index (χ1) is 11.4. The van der Waals surface area contributed by atoms with Gasteiger partial charge in [0.05, 0.1) is 10.6 Å². The topological polar surface area (TPSA) is 78.8 Å². The van der Waals surface area contributed by atoms with Gasteiger partial charge in [0, 0.05) is 12.7 Å². The molecule has 0 unspecified atom stereocenters. The van der Waals surface area contributed by atoms with Crippen LogP contribution in [0.1, 0.15) is 4.88 Å². The Morgan fingerprint density at radius 1 is 1.25 bits per heavy atom. The molecular weight excluding hydrogens is 353 g/mol. The summed E-state index contributed by atoms with van der Waals surface area (Å²) in [6, 6.07) is 8.66. The van der Waals surface area contributed by atoms with E-state index in [2.05, 4.69) is 9.71 Å². The maximum atomic E-state index is 12.9. The second-order valence-corrected chi connectivity index (χ2v) is 7.46. The maximum absolute atomic E-state index is 12.9. The number of likely N-dealkylation sites (N-methyl/N-ethyl adjacent to an activating group) is 1. The van der Waals surface area contributed by atoms with Crippen LogP contribution in [-0.2, 0) is 15.0 Å². The van der Waals surface area contributed by atoms with Gasteiger partial charge >= 0.3 is 10.2 Å². The van der Waals surface area contributed by atoms with Crippen LogP contribution in [0.3, 0.4) is 0 Å². The minimum atomic E-state index is -3.99. The van der Waals surface area contributed by atoms with E-state index >= 15 is 0 Å². The Labute approximate surface area is 142 Å². The molecule has 1 aliphatic rings. The zero-order valence-corrected chi connectivity index (χ0v) is 14.1. The summed E-state index contributed by atoms with van der Waals surface area (Å²) in [7, 11) is -2.74. The van der Waals surface area contributed by atoms with Crippen molar-refractivity contribution in [3.63, 3.8) is 0 Å². The molecule has 3 rings (SSSR count). The molecule has 2 heterocycles. The van der Waals surface area contributed by atoms with Crippen molar-refractivity contribution in [3.05, 3.63) is 64.2 Å². The predicted molar refractivity (Wildman–Crippen MR) is 90.7 cm³/mol. The molecule has 1 N–H and O–H groups in total. The lowest BCUT2D eigenvalue weighted by Gasteiger charge is -2.23. The van der Waals surface area contributed by atoms with Gasteiger partial charge in [-0.2, -0.15) is 8.42 Å². The van der Waals surface area contributed by atoms with Crippen LogP contribution in [0, 0.1) is 5.82 Å². The van der Waals surface area contributed by atoms with E-state index in [1.807, 2.05) is 0 Å². The Balaban J connectivity index is 1.94. The van der Waals surface area contributed by atoms with Crippen molar-refractivity contribution < 1.29 is 17.6 Å². The maximum Gasteiger partial charge on any atom is 0.345 e. The highest BCUT2D eigenvalue weighted by molar-refractivity contribution is 7.88. The highest BCUT2D eigenvalue weighted by atomic mass is 32.2. The first kappa shape index (κ1) is 16.3.